The van der Waals surface area contributed by atoms with Crippen LogP contribution in [-0.2, 0) is 6.54 Å². The fraction of sp³-hybridized carbons (Fsp3) is 0.296. The van der Waals surface area contributed by atoms with Crippen LogP contribution in [0, 0.1) is 0 Å². The molecule has 2 aromatic carbocycles. The molecule has 0 atom stereocenters. The summed E-state index contributed by atoms with van der Waals surface area (Å²) in [7, 11) is 3.30. The molecular formula is C27H28N4O4. The van der Waals surface area contributed by atoms with Gasteiger partial charge in [-0.3, -0.25) is 4.79 Å². The number of hydrogen-bond acceptors (Lipinski definition) is 6. The molecule has 35 heavy (non-hydrogen) atoms. The van der Waals surface area contributed by atoms with Gasteiger partial charge >= 0.3 is 0 Å². The Balaban J connectivity index is 1.27. The van der Waals surface area contributed by atoms with Gasteiger partial charge in [-0.05, 0) is 30.5 Å². The van der Waals surface area contributed by atoms with Crippen LogP contribution in [0.15, 0.2) is 71.7 Å². The molecule has 5 rings (SSSR count). The number of oxazole rings is 1. The average molecular weight is 473 g/mol. The number of carbonyl (C=O) groups excluding carboxylic acids is 1. The van der Waals surface area contributed by atoms with E-state index in [4.69, 9.17) is 13.9 Å². The molecule has 0 spiro atoms. The van der Waals surface area contributed by atoms with E-state index in [1.165, 1.54) is 6.39 Å². The van der Waals surface area contributed by atoms with Gasteiger partial charge in [-0.25, -0.2) is 9.97 Å². The van der Waals surface area contributed by atoms with Gasteiger partial charge in [0.15, 0.2) is 17.8 Å². The van der Waals surface area contributed by atoms with Crippen molar-refractivity contribution < 1.29 is 18.7 Å². The molecule has 8 heteroatoms. The third-order valence-electron chi connectivity index (χ3n) is 6.47. The fourth-order valence-electron chi connectivity index (χ4n) is 4.65. The minimum atomic E-state index is -0.0946. The van der Waals surface area contributed by atoms with Crippen molar-refractivity contribution in [3.8, 4) is 22.8 Å². The summed E-state index contributed by atoms with van der Waals surface area (Å²) >= 11 is 0. The summed E-state index contributed by atoms with van der Waals surface area (Å²) in [4.78, 5) is 24.0. The Morgan fingerprint density at radius 2 is 1.74 bits per heavy atom. The van der Waals surface area contributed by atoms with E-state index in [2.05, 4.69) is 14.5 Å². The Morgan fingerprint density at radius 1 is 1.03 bits per heavy atom. The van der Waals surface area contributed by atoms with E-state index in [9.17, 15) is 4.79 Å². The summed E-state index contributed by atoms with van der Waals surface area (Å²) in [6, 6.07) is 15.5. The van der Waals surface area contributed by atoms with E-state index in [-0.39, 0.29) is 11.8 Å². The van der Waals surface area contributed by atoms with Crippen molar-refractivity contribution in [1.29, 1.82) is 0 Å². The quantitative estimate of drug-likeness (QED) is 0.390. The number of methoxy groups -OCH3 is 2. The molecule has 0 aliphatic carbocycles. The Kier molecular flexibility index (Phi) is 6.52. The van der Waals surface area contributed by atoms with Crippen molar-refractivity contribution in [3.05, 3.63) is 84.4 Å². The van der Waals surface area contributed by atoms with E-state index in [1.54, 1.807) is 14.2 Å². The maximum absolute atomic E-state index is 13.2. The van der Waals surface area contributed by atoms with E-state index in [1.807, 2.05) is 65.8 Å². The van der Waals surface area contributed by atoms with Gasteiger partial charge < -0.3 is 23.4 Å². The Bertz CT molecular complexity index is 1270. The molecule has 1 amide bonds. The Morgan fingerprint density at radius 3 is 2.43 bits per heavy atom. The SMILES string of the molecule is COc1cc(Cn2ccnc2C2CCN(C(=O)c3ncoc3-c3ccccc3)CC2)cc(OC)c1. The minimum absolute atomic E-state index is 0.0946. The lowest BCUT2D eigenvalue weighted by Gasteiger charge is -2.31. The summed E-state index contributed by atoms with van der Waals surface area (Å²) in [6.45, 7) is 1.95. The number of imidazole rings is 1. The van der Waals surface area contributed by atoms with Gasteiger partial charge in [0, 0.05) is 49.6 Å². The highest BCUT2D eigenvalue weighted by molar-refractivity contribution is 5.97. The normalized spacial score (nSPS) is 14.2. The number of carbonyl (C=O) groups is 1. The second kappa shape index (κ2) is 10.0. The average Bonchev–Trinajstić information content (AvgIpc) is 3.59. The summed E-state index contributed by atoms with van der Waals surface area (Å²) in [5, 5.41) is 0. The lowest BCUT2D eigenvalue weighted by atomic mass is 9.95. The van der Waals surface area contributed by atoms with Crippen LogP contribution in [0.2, 0.25) is 0 Å². The first-order chi connectivity index (χ1) is 17.2. The molecule has 1 aliphatic rings. The number of amides is 1. The van der Waals surface area contributed by atoms with Crippen LogP contribution in [0.1, 0.15) is 40.6 Å². The maximum Gasteiger partial charge on any atom is 0.276 e. The second-order valence-electron chi connectivity index (χ2n) is 8.60. The molecule has 4 aromatic rings. The maximum atomic E-state index is 13.2. The lowest BCUT2D eigenvalue weighted by Crippen LogP contribution is -2.38. The van der Waals surface area contributed by atoms with Gasteiger partial charge in [0.05, 0.1) is 14.2 Å². The molecular weight excluding hydrogens is 444 g/mol. The predicted molar refractivity (Wildman–Crippen MR) is 131 cm³/mol. The molecule has 1 aliphatic heterocycles. The number of nitrogens with zero attached hydrogens (tertiary/aromatic N) is 4. The van der Waals surface area contributed by atoms with Crippen molar-refractivity contribution in [2.24, 2.45) is 0 Å². The topological polar surface area (TPSA) is 82.6 Å². The summed E-state index contributed by atoms with van der Waals surface area (Å²) in [5.41, 5.74) is 2.29. The molecule has 3 heterocycles. The van der Waals surface area contributed by atoms with Gasteiger partial charge in [-0.1, -0.05) is 30.3 Å². The minimum Gasteiger partial charge on any atom is -0.497 e. The zero-order valence-electron chi connectivity index (χ0n) is 19.9. The van der Waals surface area contributed by atoms with Crippen LogP contribution in [0.4, 0.5) is 0 Å². The number of rotatable bonds is 7. The molecule has 0 radical (unpaired) electrons. The molecule has 8 nitrogen and oxygen atoms in total. The predicted octanol–water partition coefficient (Wildman–Crippen LogP) is 4.62. The third-order valence-corrected chi connectivity index (χ3v) is 6.47. The van der Waals surface area contributed by atoms with E-state index in [0.717, 1.165) is 41.3 Å². The van der Waals surface area contributed by atoms with E-state index in [0.29, 0.717) is 31.1 Å². The largest absolute Gasteiger partial charge is 0.497 e. The number of benzene rings is 2. The molecule has 180 valence electrons. The lowest BCUT2D eigenvalue weighted by molar-refractivity contribution is 0.0705. The van der Waals surface area contributed by atoms with Crippen molar-refractivity contribution in [2.45, 2.75) is 25.3 Å². The smallest absolute Gasteiger partial charge is 0.276 e. The highest BCUT2D eigenvalue weighted by Gasteiger charge is 2.30. The van der Waals surface area contributed by atoms with Crippen molar-refractivity contribution in [1.82, 2.24) is 19.4 Å². The van der Waals surface area contributed by atoms with Crippen LogP contribution in [0.25, 0.3) is 11.3 Å². The third kappa shape index (κ3) is 4.77. The fourth-order valence-corrected chi connectivity index (χ4v) is 4.65. The molecule has 0 saturated carbocycles. The molecule has 0 unspecified atom stereocenters. The standard InChI is InChI=1S/C27H28N4O4/c1-33-22-14-19(15-23(16-22)34-2)17-31-13-10-28-26(31)21-8-11-30(12-9-21)27(32)24-25(35-18-29-24)20-6-4-3-5-7-20/h3-7,10,13-16,18,21H,8-9,11-12,17H2,1-2H3. The molecule has 0 N–H and O–H groups in total. The van der Waals surface area contributed by atoms with Crippen LogP contribution in [0.3, 0.4) is 0 Å². The van der Waals surface area contributed by atoms with E-state index < -0.39 is 0 Å². The van der Waals surface area contributed by atoms with Crippen LogP contribution >= 0.6 is 0 Å². The van der Waals surface area contributed by atoms with Gasteiger partial charge in [0.25, 0.3) is 5.91 Å². The highest BCUT2D eigenvalue weighted by atomic mass is 16.5. The molecule has 1 saturated heterocycles. The zero-order valence-corrected chi connectivity index (χ0v) is 19.9. The van der Waals surface area contributed by atoms with Gasteiger partial charge in [-0.2, -0.15) is 0 Å². The summed E-state index contributed by atoms with van der Waals surface area (Å²) in [5.74, 6) is 3.24. The van der Waals surface area contributed by atoms with Crippen LogP contribution in [0.5, 0.6) is 11.5 Å². The summed E-state index contributed by atoms with van der Waals surface area (Å²) in [6.07, 6.45) is 6.85. The number of aromatic nitrogens is 3. The first-order valence-corrected chi connectivity index (χ1v) is 11.7. The zero-order chi connectivity index (χ0) is 24.2. The number of hydrogen-bond donors (Lipinski definition) is 0. The first-order valence-electron chi connectivity index (χ1n) is 11.7. The molecule has 1 fully saturated rings. The van der Waals surface area contributed by atoms with E-state index >= 15 is 0 Å². The monoisotopic (exact) mass is 472 g/mol. The van der Waals surface area contributed by atoms with Gasteiger partial charge in [0.2, 0.25) is 0 Å². The number of ether oxygens (including phenoxy) is 2. The van der Waals surface area contributed by atoms with Crippen LogP contribution in [-0.4, -0.2) is 52.7 Å². The van der Waals surface area contributed by atoms with Crippen molar-refractivity contribution in [2.75, 3.05) is 27.3 Å². The number of likely N-dealkylation sites (tertiary alicyclic amines) is 1. The Labute approximate surface area is 204 Å². The first kappa shape index (κ1) is 22.7. The summed E-state index contributed by atoms with van der Waals surface area (Å²) < 4.78 is 18.5. The van der Waals surface area contributed by atoms with Crippen molar-refractivity contribution in [3.63, 3.8) is 0 Å². The second-order valence-corrected chi connectivity index (χ2v) is 8.60. The highest BCUT2D eigenvalue weighted by Crippen LogP contribution is 2.31. The number of piperidine rings is 1. The molecule has 2 aromatic heterocycles. The van der Waals surface area contributed by atoms with Gasteiger partial charge in [-0.15, -0.1) is 0 Å². The van der Waals surface area contributed by atoms with Gasteiger partial charge in [0.1, 0.15) is 17.3 Å². The Hall–Kier alpha value is -4.07. The van der Waals surface area contributed by atoms with Crippen LogP contribution < -0.4 is 9.47 Å². The molecule has 0 bridgehead atoms. The van der Waals surface area contributed by atoms with Crippen molar-refractivity contribution >= 4 is 5.91 Å².